The predicted molar refractivity (Wildman–Crippen MR) is 69.7 cm³/mol. The molecule has 0 aromatic carbocycles. The number of carbonyl (C=O) groups excluding carboxylic acids is 1. The summed E-state index contributed by atoms with van der Waals surface area (Å²) in [6, 6.07) is 0.147. The summed E-state index contributed by atoms with van der Waals surface area (Å²) in [6.45, 7) is 2.67. The molecule has 7 heteroatoms. The lowest BCUT2D eigenvalue weighted by Crippen LogP contribution is -2.41. The zero-order valence-electron chi connectivity index (χ0n) is 11.4. The number of carboxylic acids is 1. The van der Waals surface area contributed by atoms with Gasteiger partial charge in [-0.1, -0.05) is 0 Å². The highest BCUT2D eigenvalue weighted by Crippen LogP contribution is 2.26. The Balaban J connectivity index is 2.12. The minimum atomic E-state index is -0.848. The summed E-state index contributed by atoms with van der Waals surface area (Å²) in [4.78, 5) is 28.4. The quantitative estimate of drug-likeness (QED) is 0.821. The SMILES string of the molecule is CCOC(=O)c1coc(N2CCCCC2CC(=O)O)n1. The summed E-state index contributed by atoms with van der Waals surface area (Å²) in [6.07, 6.45) is 4.01. The van der Waals surface area contributed by atoms with Gasteiger partial charge in [-0.15, -0.1) is 0 Å². The number of ether oxygens (including phenoxy) is 1. The van der Waals surface area contributed by atoms with Gasteiger partial charge in [-0.25, -0.2) is 4.79 Å². The molecule has 2 heterocycles. The summed E-state index contributed by atoms with van der Waals surface area (Å²) in [5, 5.41) is 8.94. The Morgan fingerprint density at radius 1 is 1.55 bits per heavy atom. The van der Waals surface area contributed by atoms with Gasteiger partial charge in [-0.3, -0.25) is 4.79 Å². The normalized spacial score (nSPS) is 18.9. The van der Waals surface area contributed by atoms with Gasteiger partial charge in [0.1, 0.15) is 6.26 Å². The second-order valence-corrected chi connectivity index (χ2v) is 4.68. The first kappa shape index (κ1) is 14.4. The van der Waals surface area contributed by atoms with E-state index in [1.165, 1.54) is 6.26 Å². The molecule has 110 valence electrons. The van der Waals surface area contributed by atoms with Crippen LogP contribution in [0.3, 0.4) is 0 Å². The number of hydrogen-bond donors (Lipinski definition) is 1. The monoisotopic (exact) mass is 282 g/mol. The van der Waals surface area contributed by atoms with Crippen LogP contribution in [-0.4, -0.2) is 41.2 Å². The Morgan fingerprint density at radius 3 is 3.05 bits per heavy atom. The Morgan fingerprint density at radius 2 is 2.35 bits per heavy atom. The first-order chi connectivity index (χ1) is 9.61. The third-order valence-corrected chi connectivity index (χ3v) is 3.26. The smallest absolute Gasteiger partial charge is 0.360 e. The summed E-state index contributed by atoms with van der Waals surface area (Å²) in [5.74, 6) is -1.38. The second kappa shape index (κ2) is 6.40. The molecule has 1 aromatic rings. The number of nitrogens with zero attached hydrogens (tertiary/aromatic N) is 2. The highest BCUT2D eigenvalue weighted by Gasteiger charge is 2.28. The topological polar surface area (TPSA) is 92.9 Å². The number of oxazole rings is 1. The molecule has 0 bridgehead atoms. The van der Waals surface area contributed by atoms with Crippen LogP contribution in [-0.2, 0) is 9.53 Å². The van der Waals surface area contributed by atoms with Crippen LogP contribution in [0.4, 0.5) is 6.01 Å². The minimum Gasteiger partial charge on any atom is -0.481 e. The molecule has 20 heavy (non-hydrogen) atoms. The summed E-state index contributed by atoms with van der Waals surface area (Å²) < 4.78 is 10.2. The lowest BCUT2D eigenvalue weighted by molar-refractivity contribution is -0.137. The van der Waals surface area contributed by atoms with Crippen molar-refractivity contribution in [1.29, 1.82) is 0 Å². The molecule has 1 aliphatic rings. The number of aliphatic carboxylic acids is 1. The number of anilines is 1. The van der Waals surface area contributed by atoms with Crippen LogP contribution in [0, 0.1) is 0 Å². The van der Waals surface area contributed by atoms with Crippen molar-refractivity contribution in [1.82, 2.24) is 4.98 Å². The molecule has 2 rings (SSSR count). The van der Waals surface area contributed by atoms with Crippen molar-refractivity contribution in [2.75, 3.05) is 18.1 Å². The van der Waals surface area contributed by atoms with Crippen LogP contribution in [0.5, 0.6) is 0 Å². The number of carboxylic acid groups (broad SMARTS) is 1. The van der Waals surface area contributed by atoms with E-state index in [9.17, 15) is 9.59 Å². The average molecular weight is 282 g/mol. The van der Waals surface area contributed by atoms with E-state index < -0.39 is 11.9 Å². The van der Waals surface area contributed by atoms with Crippen molar-refractivity contribution in [2.45, 2.75) is 38.6 Å². The van der Waals surface area contributed by atoms with Crippen molar-refractivity contribution in [3.8, 4) is 0 Å². The van der Waals surface area contributed by atoms with Crippen LogP contribution in [0.2, 0.25) is 0 Å². The van der Waals surface area contributed by atoms with Gasteiger partial charge >= 0.3 is 11.9 Å². The number of rotatable bonds is 5. The van der Waals surface area contributed by atoms with E-state index in [-0.39, 0.29) is 24.8 Å². The lowest BCUT2D eigenvalue weighted by atomic mass is 10.00. The van der Waals surface area contributed by atoms with Gasteiger partial charge in [-0.2, -0.15) is 4.98 Å². The Bertz CT molecular complexity index is 485. The Kier molecular flexibility index (Phi) is 4.60. The zero-order valence-corrected chi connectivity index (χ0v) is 11.4. The molecule has 1 aliphatic heterocycles. The number of esters is 1. The Labute approximate surface area is 116 Å². The molecular weight excluding hydrogens is 264 g/mol. The van der Waals surface area contributed by atoms with E-state index in [0.717, 1.165) is 19.3 Å². The molecule has 0 saturated carbocycles. The van der Waals surface area contributed by atoms with Crippen LogP contribution in [0.15, 0.2) is 10.7 Å². The van der Waals surface area contributed by atoms with Gasteiger partial charge < -0.3 is 19.2 Å². The van der Waals surface area contributed by atoms with Gasteiger partial charge in [0.2, 0.25) is 0 Å². The molecule has 7 nitrogen and oxygen atoms in total. The van der Waals surface area contributed by atoms with Crippen LogP contribution in [0.1, 0.15) is 43.1 Å². The third-order valence-electron chi connectivity index (χ3n) is 3.26. The molecule has 1 unspecified atom stereocenters. The first-order valence-electron chi connectivity index (χ1n) is 6.73. The van der Waals surface area contributed by atoms with Crippen molar-refractivity contribution < 1.29 is 23.8 Å². The van der Waals surface area contributed by atoms with E-state index in [4.69, 9.17) is 14.3 Å². The number of hydrogen-bond acceptors (Lipinski definition) is 6. The van der Waals surface area contributed by atoms with Crippen LogP contribution >= 0.6 is 0 Å². The van der Waals surface area contributed by atoms with Gasteiger partial charge in [-0.05, 0) is 26.2 Å². The predicted octanol–water partition coefficient (Wildman–Crippen LogP) is 1.68. The van der Waals surface area contributed by atoms with E-state index >= 15 is 0 Å². The van der Waals surface area contributed by atoms with Crippen molar-refractivity contribution in [3.05, 3.63) is 12.0 Å². The lowest BCUT2D eigenvalue weighted by Gasteiger charge is -2.33. The highest BCUT2D eigenvalue weighted by atomic mass is 16.5. The van der Waals surface area contributed by atoms with Crippen LogP contribution in [0.25, 0.3) is 0 Å². The molecule has 1 saturated heterocycles. The van der Waals surface area contributed by atoms with E-state index in [1.54, 1.807) is 6.92 Å². The van der Waals surface area contributed by atoms with Gasteiger partial charge in [0.05, 0.1) is 13.0 Å². The molecule has 0 radical (unpaired) electrons. The molecule has 1 atom stereocenters. The molecule has 1 N–H and O–H groups in total. The maximum absolute atomic E-state index is 11.5. The summed E-state index contributed by atoms with van der Waals surface area (Å²) in [7, 11) is 0. The van der Waals surface area contributed by atoms with Gasteiger partial charge in [0.15, 0.2) is 5.69 Å². The first-order valence-corrected chi connectivity index (χ1v) is 6.73. The van der Waals surface area contributed by atoms with Gasteiger partial charge in [0, 0.05) is 12.6 Å². The molecule has 1 aromatic heterocycles. The summed E-state index contributed by atoms with van der Waals surface area (Å²) in [5.41, 5.74) is 0.112. The van der Waals surface area contributed by atoms with Crippen molar-refractivity contribution >= 4 is 18.0 Å². The van der Waals surface area contributed by atoms with Gasteiger partial charge in [0.25, 0.3) is 6.01 Å². The van der Waals surface area contributed by atoms with E-state index in [2.05, 4.69) is 4.98 Å². The summed E-state index contributed by atoms with van der Waals surface area (Å²) >= 11 is 0. The van der Waals surface area contributed by atoms with E-state index in [0.29, 0.717) is 12.6 Å². The number of piperidine rings is 1. The minimum absolute atomic E-state index is 0.0388. The van der Waals surface area contributed by atoms with Crippen molar-refractivity contribution in [2.24, 2.45) is 0 Å². The maximum atomic E-state index is 11.5. The Hall–Kier alpha value is -2.05. The molecule has 0 aliphatic carbocycles. The third kappa shape index (κ3) is 3.28. The largest absolute Gasteiger partial charge is 0.481 e. The molecular formula is C13H18N2O5. The van der Waals surface area contributed by atoms with Crippen molar-refractivity contribution in [3.63, 3.8) is 0 Å². The zero-order chi connectivity index (χ0) is 14.5. The highest BCUT2D eigenvalue weighted by molar-refractivity contribution is 5.87. The molecule has 1 fully saturated rings. The average Bonchev–Trinajstić information content (AvgIpc) is 2.88. The standard InChI is InChI=1S/C13H18N2O5/c1-2-19-12(18)10-8-20-13(14-10)15-6-4-3-5-9(15)7-11(16)17/h8-9H,2-7H2,1H3,(H,16,17). The molecule has 0 spiro atoms. The number of carbonyl (C=O) groups is 2. The second-order valence-electron chi connectivity index (χ2n) is 4.68. The van der Waals surface area contributed by atoms with E-state index in [1.807, 2.05) is 4.90 Å². The fourth-order valence-corrected chi connectivity index (χ4v) is 2.36. The maximum Gasteiger partial charge on any atom is 0.360 e. The fourth-order valence-electron chi connectivity index (χ4n) is 2.36. The molecule has 0 amide bonds. The van der Waals surface area contributed by atoms with Crippen LogP contribution < -0.4 is 4.90 Å². The number of aromatic nitrogens is 1. The fraction of sp³-hybridized carbons (Fsp3) is 0.615.